The fourth-order valence-electron chi connectivity index (χ4n) is 0.605. The van der Waals surface area contributed by atoms with E-state index < -0.39 is 0 Å². The van der Waals surface area contributed by atoms with Gasteiger partial charge in [-0.1, -0.05) is 15.9 Å². The number of halogens is 1. The molecule has 0 atom stereocenters. The van der Waals surface area contributed by atoms with Gasteiger partial charge in [0.05, 0.1) is 6.61 Å². The van der Waals surface area contributed by atoms with E-state index >= 15 is 0 Å². The molecule has 0 aliphatic carbocycles. The fraction of sp³-hybridized carbons (Fsp3) is 1.00. The molecule has 0 bridgehead atoms. The minimum Gasteiger partial charge on any atom is -0.380 e. The molecular weight excluding hydrogens is 194 g/mol. The number of alkyl halides is 1. The molecule has 0 fully saturated rings. The third kappa shape index (κ3) is 8.40. The zero-order chi connectivity index (χ0) is 7.66. The quantitative estimate of drug-likeness (QED) is 0.506. The predicted molar refractivity (Wildman–Crippen MR) is 47.8 cm³/mol. The van der Waals surface area contributed by atoms with Crippen LogP contribution in [0.3, 0.4) is 0 Å². The van der Waals surface area contributed by atoms with E-state index in [9.17, 15) is 0 Å². The molecule has 2 nitrogen and oxygen atoms in total. The Morgan fingerprint density at radius 2 is 2.20 bits per heavy atom. The number of hydrogen-bond donors (Lipinski definition) is 1. The van der Waals surface area contributed by atoms with Crippen LogP contribution in [0.4, 0.5) is 0 Å². The van der Waals surface area contributed by atoms with Gasteiger partial charge in [0.25, 0.3) is 0 Å². The van der Waals surface area contributed by atoms with Gasteiger partial charge in [-0.05, 0) is 19.9 Å². The molecule has 3 heteroatoms. The van der Waals surface area contributed by atoms with Crippen LogP contribution in [0.25, 0.3) is 0 Å². The van der Waals surface area contributed by atoms with Crippen LogP contribution in [0.15, 0.2) is 0 Å². The largest absolute Gasteiger partial charge is 0.380 e. The Labute approximate surface area is 71.5 Å². The molecule has 0 unspecified atom stereocenters. The summed E-state index contributed by atoms with van der Waals surface area (Å²) in [6, 6.07) is 0. The first-order valence-corrected chi connectivity index (χ1v) is 4.88. The van der Waals surface area contributed by atoms with Gasteiger partial charge in [-0.3, -0.25) is 0 Å². The van der Waals surface area contributed by atoms with E-state index in [0.29, 0.717) is 0 Å². The van der Waals surface area contributed by atoms with E-state index in [0.717, 1.165) is 31.6 Å². The second-order valence-corrected chi connectivity index (χ2v) is 2.78. The summed E-state index contributed by atoms with van der Waals surface area (Å²) in [5.41, 5.74) is 0. The number of rotatable bonds is 7. The molecule has 0 heterocycles. The van der Waals surface area contributed by atoms with Gasteiger partial charge in [0, 0.05) is 18.5 Å². The highest BCUT2D eigenvalue weighted by Crippen LogP contribution is 1.83. The average molecular weight is 210 g/mol. The highest BCUT2D eigenvalue weighted by Gasteiger charge is 1.85. The van der Waals surface area contributed by atoms with Gasteiger partial charge in [0.1, 0.15) is 0 Å². The van der Waals surface area contributed by atoms with Gasteiger partial charge in [-0.2, -0.15) is 0 Å². The van der Waals surface area contributed by atoms with Gasteiger partial charge in [0.15, 0.2) is 0 Å². The highest BCUT2D eigenvalue weighted by atomic mass is 79.9. The minimum absolute atomic E-state index is 0.820. The average Bonchev–Trinajstić information content (AvgIpc) is 1.97. The van der Waals surface area contributed by atoms with Crippen molar-refractivity contribution in [2.45, 2.75) is 13.3 Å². The fourth-order valence-corrected chi connectivity index (χ4v) is 0.886. The first-order chi connectivity index (χ1) is 4.91. The van der Waals surface area contributed by atoms with Crippen LogP contribution in [0, 0.1) is 0 Å². The smallest absolute Gasteiger partial charge is 0.0590 e. The molecule has 0 aromatic carbocycles. The van der Waals surface area contributed by atoms with E-state index in [-0.39, 0.29) is 0 Å². The van der Waals surface area contributed by atoms with Gasteiger partial charge in [-0.15, -0.1) is 0 Å². The van der Waals surface area contributed by atoms with Crippen molar-refractivity contribution in [1.82, 2.24) is 5.32 Å². The van der Waals surface area contributed by atoms with Crippen LogP contribution in [0.5, 0.6) is 0 Å². The second-order valence-electron chi connectivity index (χ2n) is 1.99. The molecule has 0 aliphatic heterocycles. The van der Waals surface area contributed by atoms with Crippen molar-refractivity contribution in [2.75, 3.05) is 31.6 Å². The maximum atomic E-state index is 5.14. The number of nitrogens with one attached hydrogen (secondary N) is 1. The maximum Gasteiger partial charge on any atom is 0.0590 e. The van der Waals surface area contributed by atoms with Crippen molar-refractivity contribution in [2.24, 2.45) is 0 Å². The standard InChI is InChI=1S/C7H16BrNO/c1-2-10-7-6-9-5-3-4-8/h9H,2-7H2,1H3. The molecule has 0 saturated heterocycles. The summed E-state index contributed by atoms with van der Waals surface area (Å²) in [6.45, 7) is 5.72. The molecule has 0 aromatic rings. The molecular formula is C7H16BrNO. The Morgan fingerprint density at radius 1 is 1.40 bits per heavy atom. The minimum atomic E-state index is 0.820. The van der Waals surface area contributed by atoms with E-state index in [1.54, 1.807) is 0 Å². The third-order valence-electron chi connectivity index (χ3n) is 1.11. The zero-order valence-electron chi connectivity index (χ0n) is 6.53. The third-order valence-corrected chi connectivity index (χ3v) is 1.68. The van der Waals surface area contributed by atoms with Crippen molar-refractivity contribution in [3.63, 3.8) is 0 Å². The summed E-state index contributed by atoms with van der Waals surface area (Å²) in [5.74, 6) is 0. The van der Waals surface area contributed by atoms with E-state index in [1.807, 2.05) is 6.92 Å². The number of ether oxygens (including phenoxy) is 1. The molecule has 0 rings (SSSR count). The van der Waals surface area contributed by atoms with Gasteiger partial charge in [0.2, 0.25) is 0 Å². The van der Waals surface area contributed by atoms with Gasteiger partial charge < -0.3 is 10.1 Å². The topological polar surface area (TPSA) is 21.3 Å². The Morgan fingerprint density at radius 3 is 2.80 bits per heavy atom. The van der Waals surface area contributed by atoms with Gasteiger partial charge >= 0.3 is 0 Å². The predicted octanol–water partition coefficient (Wildman–Crippen LogP) is 1.40. The van der Waals surface area contributed by atoms with Crippen LogP contribution in [0.1, 0.15) is 13.3 Å². The first kappa shape index (κ1) is 10.4. The van der Waals surface area contributed by atoms with Crippen LogP contribution < -0.4 is 5.32 Å². The summed E-state index contributed by atoms with van der Waals surface area (Å²) >= 11 is 3.36. The summed E-state index contributed by atoms with van der Waals surface area (Å²) < 4.78 is 5.14. The summed E-state index contributed by atoms with van der Waals surface area (Å²) in [5, 5.41) is 4.34. The van der Waals surface area contributed by atoms with Gasteiger partial charge in [-0.25, -0.2) is 0 Å². The molecule has 0 radical (unpaired) electrons. The second kappa shape index (κ2) is 9.40. The molecule has 0 aliphatic rings. The summed E-state index contributed by atoms with van der Waals surface area (Å²) in [7, 11) is 0. The molecule has 62 valence electrons. The molecule has 1 N–H and O–H groups in total. The Balaban J connectivity index is 2.65. The van der Waals surface area contributed by atoms with Crippen molar-refractivity contribution < 1.29 is 4.74 Å². The molecule has 0 saturated carbocycles. The lowest BCUT2D eigenvalue weighted by Crippen LogP contribution is -2.20. The SMILES string of the molecule is CCOCCNCCCBr. The van der Waals surface area contributed by atoms with Crippen molar-refractivity contribution >= 4 is 15.9 Å². The molecule has 10 heavy (non-hydrogen) atoms. The lowest BCUT2D eigenvalue weighted by Gasteiger charge is -2.02. The maximum absolute atomic E-state index is 5.14. The monoisotopic (exact) mass is 209 g/mol. The van der Waals surface area contributed by atoms with Crippen LogP contribution >= 0.6 is 15.9 Å². The Bertz CT molecular complexity index is 53.6. The van der Waals surface area contributed by atoms with E-state index in [4.69, 9.17) is 4.74 Å². The molecule has 0 spiro atoms. The normalized spacial score (nSPS) is 10.2. The summed E-state index contributed by atoms with van der Waals surface area (Å²) in [4.78, 5) is 0. The number of hydrogen-bond acceptors (Lipinski definition) is 2. The van der Waals surface area contributed by atoms with Crippen molar-refractivity contribution in [3.8, 4) is 0 Å². The lowest BCUT2D eigenvalue weighted by atomic mass is 10.5. The molecule has 0 aromatic heterocycles. The summed E-state index contributed by atoms with van der Waals surface area (Å²) in [6.07, 6.45) is 1.19. The van der Waals surface area contributed by atoms with Crippen LogP contribution in [0.2, 0.25) is 0 Å². The zero-order valence-corrected chi connectivity index (χ0v) is 8.11. The Kier molecular flexibility index (Phi) is 9.78. The van der Waals surface area contributed by atoms with Crippen LogP contribution in [-0.2, 0) is 4.74 Å². The highest BCUT2D eigenvalue weighted by molar-refractivity contribution is 9.09. The van der Waals surface area contributed by atoms with Crippen molar-refractivity contribution in [1.29, 1.82) is 0 Å². The lowest BCUT2D eigenvalue weighted by molar-refractivity contribution is 0.149. The Hall–Kier alpha value is 0.400. The van der Waals surface area contributed by atoms with E-state index in [1.165, 1.54) is 6.42 Å². The van der Waals surface area contributed by atoms with E-state index in [2.05, 4.69) is 21.2 Å². The molecule has 0 amide bonds. The first-order valence-electron chi connectivity index (χ1n) is 3.76. The van der Waals surface area contributed by atoms with Crippen molar-refractivity contribution in [3.05, 3.63) is 0 Å². The van der Waals surface area contributed by atoms with Crippen LogP contribution in [-0.4, -0.2) is 31.6 Å².